The summed E-state index contributed by atoms with van der Waals surface area (Å²) in [5, 5.41) is 0. The van der Waals surface area contributed by atoms with Gasteiger partial charge in [0.1, 0.15) is 0 Å². The minimum Gasteiger partial charge on any atom is -0.381 e. The van der Waals surface area contributed by atoms with Gasteiger partial charge >= 0.3 is 0 Å². The molecule has 0 aromatic rings. The minimum absolute atomic E-state index is 0.513. The van der Waals surface area contributed by atoms with E-state index in [0.29, 0.717) is 18.0 Å². The lowest BCUT2D eigenvalue weighted by atomic mass is 9.96. The van der Waals surface area contributed by atoms with E-state index in [4.69, 9.17) is 10.5 Å². The maximum absolute atomic E-state index is 6.02. The zero-order valence-corrected chi connectivity index (χ0v) is 11.3. The largest absolute Gasteiger partial charge is 0.381 e. The molecule has 2 heterocycles. The molecule has 2 fully saturated rings. The molecular weight excluding hydrogens is 214 g/mol. The van der Waals surface area contributed by atoms with E-state index < -0.39 is 0 Å². The standard InChI is InChI=1S/C13H27N3O/c1-11-9-15(2)5-3-6-16(11)13(8-14)12-4-7-17-10-12/h11-13H,3-10,14H2,1-2H3. The van der Waals surface area contributed by atoms with E-state index in [9.17, 15) is 0 Å². The molecule has 2 aliphatic heterocycles. The molecule has 0 aromatic heterocycles. The van der Waals surface area contributed by atoms with Crippen LogP contribution in [0, 0.1) is 5.92 Å². The predicted molar refractivity (Wildman–Crippen MR) is 70.1 cm³/mol. The van der Waals surface area contributed by atoms with Crippen LogP contribution in [0.2, 0.25) is 0 Å². The number of rotatable bonds is 3. The van der Waals surface area contributed by atoms with Crippen LogP contribution in [0.4, 0.5) is 0 Å². The van der Waals surface area contributed by atoms with E-state index in [1.807, 2.05) is 0 Å². The van der Waals surface area contributed by atoms with Gasteiger partial charge in [0.2, 0.25) is 0 Å². The van der Waals surface area contributed by atoms with Crippen molar-refractivity contribution >= 4 is 0 Å². The van der Waals surface area contributed by atoms with Crippen LogP contribution < -0.4 is 5.73 Å². The summed E-state index contributed by atoms with van der Waals surface area (Å²) in [5.74, 6) is 0.644. The number of nitrogens with two attached hydrogens (primary N) is 1. The first-order valence-corrected chi connectivity index (χ1v) is 6.94. The van der Waals surface area contributed by atoms with Gasteiger partial charge in [0, 0.05) is 44.2 Å². The van der Waals surface area contributed by atoms with Crippen molar-refractivity contribution in [2.45, 2.75) is 31.8 Å². The summed E-state index contributed by atoms with van der Waals surface area (Å²) < 4.78 is 5.53. The molecule has 100 valence electrons. The monoisotopic (exact) mass is 241 g/mol. The van der Waals surface area contributed by atoms with Crippen LogP contribution in [0.15, 0.2) is 0 Å². The second-order valence-electron chi connectivity index (χ2n) is 5.63. The third-order valence-corrected chi connectivity index (χ3v) is 4.27. The van der Waals surface area contributed by atoms with Gasteiger partial charge < -0.3 is 15.4 Å². The quantitative estimate of drug-likeness (QED) is 0.775. The van der Waals surface area contributed by atoms with Gasteiger partial charge in [-0.05, 0) is 33.4 Å². The first-order chi connectivity index (χ1) is 8.22. The van der Waals surface area contributed by atoms with Gasteiger partial charge in [0.25, 0.3) is 0 Å². The first-order valence-electron chi connectivity index (χ1n) is 6.94. The molecule has 0 amide bonds. The van der Waals surface area contributed by atoms with Gasteiger partial charge in [-0.25, -0.2) is 0 Å². The van der Waals surface area contributed by atoms with Gasteiger partial charge in [-0.2, -0.15) is 0 Å². The number of hydrogen-bond acceptors (Lipinski definition) is 4. The highest BCUT2D eigenvalue weighted by Crippen LogP contribution is 2.23. The van der Waals surface area contributed by atoms with Gasteiger partial charge in [-0.1, -0.05) is 0 Å². The lowest BCUT2D eigenvalue weighted by Gasteiger charge is -2.37. The fourth-order valence-corrected chi connectivity index (χ4v) is 3.34. The Hall–Kier alpha value is -0.160. The van der Waals surface area contributed by atoms with E-state index in [1.54, 1.807) is 0 Å². The molecule has 2 N–H and O–H groups in total. The second-order valence-corrected chi connectivity index (χ2v) is 5.63. The van der Waals surface area contributed by atoms with Crippen molar-refractivity contribution in [2.75, 3.05) is 46.4 Å². The molecule has 3 atom stereocenters. The highest BCUT2D eigenvalue weighted by atomic mass is 16.5. The average Bonchev–Trinajstić information content (AvgIpc) is 2.75. The SMILES string of the molecule is CC1CN(C)CCCN1C(CN)C1CCOC1. The highest BCUT2D eigenvalue weighted by Gasteiger charge is 2.33. The van der Waals surface area contributed by atoms with Crippen molar-refractivity contribution in [2.24, 2.45) is 11.7 Å². The molecule has 0 spiro atoms. The summed E-state index contributed by atoms with van der Waals surface area (Å²) in [6, 6.07) is 1.12. The maximum atomic E-state index is 6.02. The van der Waals surface area contributed by atoms with Crippen molar-refractivity contribution in [1.29, 1.82) is 0 Å². The Bertz CT molecular complexity index is 231. The molecule has 0 radical (unpaired) electrons. The summed E-state index contributed by atoms with van der Waals surface area (Å²) in [7, 11) is 2.22. The van der Waals surface area contributed by atoms with Crippen LogP contribution in [-0.4, -0.2) is 68.3 Å². The highest BCUT2D eigenvalue weighted by molar-refractivity contribution is 4.87. The minimum atomic E-state index is 0.513. The zero-order valence-electron chi connectivity index (χ0n) is 11.3. The van der Waals surface area contributed by atoms with Crippen LogP contribution in [0.5, 0.6) is 0 Å². The molecule has 4 nitrogen and oxygen atoms in total. The summed E-state index contributed by atoms with van der Waals surface area (Å²) in [4.78, 5) is 5.06. The molecule has 17 heavy (non-hydrogen) atoms. The van der Waals surface area contributed by atoms with Crippen molar-refractivity contribution in [1.82, 2.24) is 9.80 Å². The molecular formula is C13H27N3O. The lowest BCUT2D eigenvalue weighted by Crippen LogP contribution is -2.51. The summed E-state index contributed by atoms with van der Waals surface area (Å²) >= 11 is 0. The van der Waals surface area contributed by atoms with Crippen LogP contribution in [-0.2, 0) is 4.74 Å². The topological polar surface area (TPSA) is 41.7 Å². The Labute approximate surface area is 105 Å². The first kappa shape index (κ1) is 13.3. The summed E-state index contributed by atoms with van der Waals surface area (Å²) in [6.45, 7) is 8.47. The summed E-state index contributed by atoms with van der Waals surface area (Å²) in [6.07, 6.45) is 2.44. The van der Waals surface area contributed by atoms with E-state index in [2.05, 4.69) is 23.8 Å². The molecule has 0 aromatic carbocycles. The Morgan fingerprint density at radius 1 is 1.41 bits per heavy atom. The Morgan fingerprint density at radius 2 is 2.24 bits per heavy atom. The number of ether oxygens (including phenoxy) is 1. The van der Waals surface area contributed by atoms with Crippen LogP contribution in [0.1, 0.15) is 19.8 Å². The smallest absolute Gasteiger partial charge is 0.0510 e. The van der Waals surface area contributed by atoms with Gasteiger partial charge in [0.15, 0.2) is 0 Å². The maximum Gasteiger partial charge on any atom is 0.0510 e. The van der Waals surface area contributed by atoms with Gasteiger partial charge in [-0.3, -0.25) is 4.90 Å². The number of likely N-dealkylation sites (N-methyl/N-ethyl adjacent to an activating group) is 1. The van der Waals surface area contributed by atoms with E-state index in [0.717, 1.165) is 26.3 Å². The van der Waals surface area contributed by atoms with Crippen molar-refractivity contribution in [3.63, 3.8) is 0 Å². The third-order valence-electron chi connectivity index (χ3n) is 4.27. The Kier molecular flexibility index (Phi) is 4.79. The van der Waals surface area contributed by atoms with E-state index >= 15 is 0 Å². The van der Waals surface area contributed by atoms with Crippen molar-refractivity contribution in [3.8, 4) is 0 Å². The van der Waals surface area contributed by atoms with Gasteiger partial charge in [-0.15, -0.1) is 0 Å². The molecule has 3 unspecified atom stereocenters. The van der Waals surface area contributed by atoms with E-state index in [1.165, 1.54) is 25.9 Å². The van der Waals surface area contributed by atoms with Crippen LogP contribution >= 0.6 is 0 Å². The lowest BCUT2D eigenvalue weighted by molar-refractivity contribution is 0.0921. The Balaban J connectivity index is 2.01. The molecule has 0 aliphatic carbocycles. The second kappa shape index (κ2) is 6.14. The van der Waals surface area contributed by atoms with E-state index in [-0.39, 0.29) is 0 Å². The fraction of sp³-hybridized carbons (Fsp3) is 1.00. The van der Waals surface area contributed by atoms with Crippen molar-refractivity contribution in [3.05, 3.63) is 0 Å². The Morgan fingerprint density at radius 3 is 2.88 bits per heavy atom. The molecule has 2 saturated heterocycles. The van der Waals surface area contributed by atoms with Crippen molar-refractivity contribution < 1.29 is 4.74 Å². The predicted octanol–water partition coefficient (Wildman–Crippen LogP) is 0.376. The molecule has 4 heteroatoms. The molecule has 0 saturated carbocycles. The number of hydrogen-bond donors (Lipinski definition) is 1. The molecule has 2 aliphatic rings. The third kappa shape index (κ3) is 3.19. The van der Waals surface area contributed by atoms with Crippen LogP contribution in [0.3, 0.4) is 0 Å². The molecule has 0 bridgehead atoms. The normalized spacial score (nSPS) is 34.8. The number of nitrogens with zero attached hydrogens (tertiary/aromatic N) is 2. The summed E-state index contributed by atoms with van der Waals surface area (Å²) in [5.41, 5.74) is 6.02. The fourth-order valence-electron chi connectivity index (χ4n) is 3.34. The molecule has 2 rings (SSSR count). The van der Waals surface area contributed by atoms with Crippen LogP contribution in [0.25, 0.3) is 0 Å². The zero-order chi connectivity index (χ0) is 12.3. The average molecular weight is 241 g/mol. The van der Waals surface area contributed by atoms with Gasteiger partial charge in [0.05, 0.1) is 6.61 Å².